The maximum Gasteiger partial charge on any atom is 2.00 e. The van der Waals surface area contributed by atoms with E-state index in [1.54, 1.807) is 36.9 Å². The Hall–Kier alpha value is -2.72. The van der Waals surface area contributed by atoms with E-state index in [1.165, 1.54) is 16.7 Å². The Morgan fingerprint density at radius 2 is 1.26 bits per heavy atom. The Balaban J connectivity index is 0.000000331. The Kier molecular flexibility index (Phi) is 10.0. The summed E-state index contributed by atoms with van der Waals surface area (Å²) in [5, 5.41) is 23.9. The normalized spacial score (nSPS) is 11.6. The van der Waals surface area contributed by atoms with Crippen LogP contribution in [0.15, 0.2) is 47.8 Å². The SMILES string of the molecule is CC(C)(C)c1ccc(C(C)(C)C)c([O-])c1[O-].Cc1cc(C)c(N=Cc2cnccn2)c(C)c1.[Ni+2]. The van der Waals surface area contributed by atoms with Gasteiger partial charge in [-0.2, -0.15) is 0 Å². The molecule has 0 aliphatic heterocycles. The van der Waals surface area contributed by atoms with Crippen molar-refractivity contribution in [2.45, 2.75) is 73.1 Å². The molecule has 1 heterocycles. The van der Waals surface area contributed by atoms with Crippen molar-refractivity contribution in [3.05, 3.63) is 76.4 Å². The molecule has 0 bridgehead atoms. The zero-order valence-corrected chi connectivity index (χ0v) is 22.6. The summed E-state index contributed by atoms with van der Waals surface area (Å²) >= 11 is 0. The molecule has 0 fully saturated rings. The van der Waals surface area contributed by atoms with Crippen molar-refractivity contribution < 1.29 is 26.7 Å². The van der Waals surface area contributed by atoms with Crippen LogP contribution in [0, 0.1) is 20.8 Å². The summed E-state index contributed by atoms with van der Waals surface area (Å²) in [5.41, 5.74) is 6.08. The number of aromatic nitrogens is 2. The second-order valence-electron chi connectivity index (χ2n) is 10.5. The van der Waals surface area contributed by atoms with Gasteiger partial charge in [-0.15, -0.1) is 11.5 Å². The number of benzene rings is 2. The van der Waals surface area contributed by atoms with Gasteiger partial charge in [-0.3, -0.25) is 15.0 Å². The van der Waals surface area contributed by atoms with Crippen molar-refractivity contribution in [1.29, 1.82) is 0 Å². The molecule has 5 nitrogen and oxygen atoms in total. The van der Waals surface area contributed by atoms with Gasteiger partial charge in [0.25, 0.3) is 0 Å². The number of aliphatic imine (C=N–C) groups is 1. The molecule has 0 saturated carbocycles. The van der Waals surface area contributed by atoms with Crippen molar-refractivity contribution in [2.75, 3.05) is 0 Å². The van der Waals surface area contributed by atoms with Crippen molar-refractivity contribution in [3.63, 3.8) is 0 Å². The summed E-state index contributed by atoms with van der Waals surface area (Å²) in [4.78, 5) is 12.7. The molecule has 6 heteroatoms. The van der Waals surface area contributed by atoms with E-state index < -0.39 is 0 Å². The van der Waals surface area contributed by atoms with Gasteiger partial charge in [-0.05, 0) is 42.7 Å². The van der Waals surface area contributed by atoms with E-state index in [2.05, 4.69) is 47.9 Å². The Morgan fingerprint density at radius 3 is 1.65 bits per heavy atom. The molecule has 0 spiro atoms. The zero-order chi connectivity index (χ0) is 25.0. The predicted octanol–water partition coefficient (Wildman–Crippen LogP) is 5.58. The van der Waals surface area contributed by atoms with Crippen LogP contribution in [0.4, 0.5) is 5.69 Å². The second-order valence-corrected chi connectivity index (χ2v) is 10.5. The molecule has 184 valence electrons. The number of aryl methyl sites for hydroxylation is 3. The van der Waals surface area contributed by atoms with Crippen LogP contribution in [0.25, 0.3) is 0 Å². The number of rotatable bonds is 2. The minimum Gasteiger partial charge on any atom is -0.873 e. The molecular formula is C28H35N3NiO2. The minimum absolute atomic E-state index is 0. The van der Waals surface area contributed by atoms with Crippen LogP contribution in [0.3, 0.4) is 0 Å². The summed E-state index contributed by atoms with van der Waals surface area (Å²) in [6, 6.07) is 7.86. The van der Waals surface area contributed by atoms with E-state index in [0.717, 1.165) is 11.4 Å². The summed E-state index contributed by atoms with van der Waals surface area (Å²) in [5.74, 6) is -0.695. The van der Waals surface area contributed by atoms with Crippen LogP contribution >= 0.6 is 0 Å². The number of hydrogen-bond donors (Lipinski definition) is 0. The van der Waals surface area contributed by atoms with Gasteiger partial charge < -0.3 is 10.2 Å². The molecule has 0 atom stereocenters. The van der Waals surface area contributed by atoms with Gasteiger partial charge in [0.2, 0.25) is 0 Å². The van der Waals surface area contributed by atoms with Gasteiger partial charge in [0.15, 0.2) is 0 Å². The van der Waals surface area contributed by atoms with Crippen molar-refractivity contribution >= 4 is 11.9 Å². The van der Waals surface area contributed by atoms with Gasteiger partial charge in [0.1, 0.15) is 0 Å². The fraction of sp³-hybridized carbons (Fsp3) is 0.393. The van der Waals surface area contributed by atoms with Gasteiger partial charge in [0.05, 0.1) is 23.8 Å². The van der Waals surface area contributed by atoms with Crippen LogP contribution < -0.4 is 10.2 Å². The van der Waals surface area contributed by atoms with Crippen molar-refractivity contribution in [2.24, 2.45) is 4.99 Å². The zero-order valence-electron chi connectivity index (χ0n) is 21.6. The third-order valence-corrected chi connectivity index (χ3v) is 5.27. The van der Waals surface area contributed by atoms with E-state index in [4.69, 9.17) is 0 Å². The molecule has 3 rings (SSSR count). The fourth-order valence-corrected chi connectivity index (χ4v) is 3.63. The molecule has 0 amide bonds. The molecule has 2 aromatic carbocycles. The largest absolute Gasteiger partial charge is 2.00 e. The van der Waals surface area contributed by atoms with Crippen LogP contribution in [0.1, 0.15) is 75.1 Å². The average Bonchev–Trinajstić information content (AvgIpc) is 2.68. The minimum atomic E-state index is -0.347. The standard InChI is InChI=1S/C14H15N3.C14H22O2.Ni/c1-10-6-11(2)14(12(3)7-10)17-9-13-8-15-4-5-16-13;1-13(2,3)9-7-8-10(14(4,5)6)12(16)11(9)15;/h4-9H,1-3H3;7-8,15-16H,1-6H3;/q;;+2/p-2. The summed E-state index contributed by atoms with van der Waals surface area (Å²) in [6.07, 6.45) is 6.76. The second kappa shape index (κ2) is 11.6. The summed E-state index contributed by atoms with van der Waals surface area (Å²) in [6.45, 7) is 17.9. The van der Waals surface area contributed by atoms with Crippen molar-refractivity contribution in [1.82, 2.24) is 9.97 Å². The first-order chi connectivity index (χ1) is 15.2. The average molecular weight is 504 g/mol. The Bertz CT molecular complexity index is 1070. The van der Waals surface area contributed by atoms with Crippen LogP contribution in [-0.2, 0) is 27.3 Å². The molecule has 3 aromatic rings. The van der Waals surface area contributed by atoms with Gasteiger partial charge in [-0.1, -0.05) is 82.5 Å². The van der Waals surface area contributed by atoms with E-state index in [-0.39, 0.29) is 38.8 Å². The molecule has 0 N–H and O–H groups in total. The number of nitrogens with zero attached hydrogens (tertiary/aromatic N) is 3. The molecule has 0 unspecified atom stereocenters. The Labute approximate surface area is 214 Å². The molecule has 0 saturated heterocycles. The monoisotopic (exact) mass is 503 g/mol. The molecule has 34 heavy (non-hydrogen) atoms. The van der Waals surface area contributed by atoms with E-state index in [9.17, 15) is 10.2 Å². The third-order valence-electron chi connectivity index (χ3n) is 5.27. The molecule has 0 aliphatic carbocycles. The molecule has 0 aliphatic rings. The van der Waals surface area contributed by atoms with Crippen LogP contribution in [0.5, 0.6) is 11.5 Å². The first-order valence-electron chi connectivity index (χ1n) is 11.1. The summed E-state index contributed by atoms with van der Waals surface area (Å²) < 4.78 is 0. The molecular weight excluding hydrogens is 469 g/mol. The quantitative estimate of drug-likeness (QED) is 0.337. The first-order valence-corrected chi connectivity index (χ1v) is 11.1. The fourth-order valence-electron chi connectivity index (χ4n) is 3.63. The summed E-state index contributed by atoms with van der Waals surface area (Å²) in [7, 11) is 0. The van der Waals surface area contributed by atoms with Gasteiger partial charge >= 0.3 is 16.5 Å². The maximum absolute atomic E-state index is 12.0. The van der Waals surface area contributed by atoms with E-state index >= 15 is 0 Å². The van der Waals surface area contributed by atoms with Crippen LogP contribution in [0.2, 0.25) is 0 Å². The van der Waals surface area contributed by atoms with Gasteiger partial charge in [-0.25, -0.2) is 0 Å². The predicted molar refractivity (Wildman–Crippen MR) is 133 cm³/mol. The Morgan fingerprint density at radius 1 is 0.794 bits per heavy atom. The van der Waals surface area contributed by atoms with Crippen LogP contribution in [-0.4, -0.2) is 16.2 Å². The first kappa shape index (κ1) is 29.3. The topological polar surface area (TPSA) is 84.3 Å². The smallest absolute Gasteiger partial charge is 0.873 e. The van der Waals surface area contributed by atoms with E-state index in [0.29, 0.717) is 11.1 Å². The van der Waals surface area contributed by atoms with Crippen molar-refractivity contribution in [3.8, 4) is 11.5 Å². The maximum atomic E-state index is 12.0. The number of hydrogen-bond acceptors (Lipinski definition) is 5. The molecule has 1 aromatic heterocycles. The molecule has 0 radical (unpaired) electrons. The third kappa shape index (κ3) is 7.66. The van der Waals surface area contributed by atoms with E-state index in [1.807, 2.05) is 41.5 Å². The van der Waals surface area contributed by atoms with Gasteiger partial charge in [0, 0.05) is 12.4 Å².